The molecule has 1 aromatic rings. The van der Waals surface area contributed by atoms with Gasteiger partial charge in [-0.05, 0) is 50.1 Å². The molecule has 1 aromatic carbocycles. The lowest BCUT2D eigenvalue weighted by Crippen LogP contribution is -2.44. The van der Waals surface area contributed by atoms with E-state index in [-0.39, 0.29) is 17.5 Å². The van der Waals surface area contributed by atoms with Crippen molar-refractivity contribution in [1.29, 1.82) is 0 Å². The summed E-state index contributed by atoms with van der Waals surface area (Å²) in [5.74, 6) is -3.78. The number of nitrogens with one attached hydrogen (secondary N) is 1. The van der Waals surface area contributed by atoms with Crippen molar-refractivity contribution in [1.82, 2.24) is 10.2 Å². The van der Waals surface area contributed by atoms with Crippen LogP contribution in [0, 0.1) is 0 Å². The van der Waals surface area contributed by atoms with Gasteiger partial charge in [0.25, 0.3) is 5.91 Å². The minimum absolute atomic E-state index is 0.0788. The molecule has 0 spiro atoms. The van der Waals surface area contributed by atoms with E-state index in [1.54, 1.807) is 0 Å². The van der Waals surface area contributed by atoms with Crippen molar-refractivity contribution in [2.45, 2.75) is 42.9 Å². The molecule has 1 amide bonds. The Morgan fingerprint density at radius 2 is 1.83 bits per heavy atom. The van der Waals surface area contributed by atoms with E-state index in [4.69, 9.17) is 0 Å². The first kappa shape index (κ1) is 18.8. The van der Waals surface area contributed by atoms with Crippen LogP contribution in [-0.4, -0.2) is 50.7 Å². The van der Waals surface area contributed by atoms with E-state index >= 15 is 0 Å². The molecule has 1 N–H and O–H groups in total. The molecule has 1 fully saturated rings. The second-order valence-electron chi connectivity index (χ2n) is 5.92. The third-order valence-electron chi connectivity index (χ3n) is 4.14. The average molecular weight is 360 g/mol. The maximum absolute atomic E-state index is 12.5. The summed E-state index contributed by atoms with van der Waals surface area (Å²) in [6, 6.07) is 4.68. The van der Waals surface area contributed by atoms with Crippen LogP contribution in [0.5, 0.6) is 0 Å². The van der Waals surface area contributed by atoms with Crippen LogP contribution in [0.4, 0.5) is 8.78 Å². The predicted molar refractivity (Wildman–Crippen MR) is 86.9 cm³/mol. The molecule has 8 heteroatoms. The fraction of sp³-hybridized carbons (Fsp3) is 0.562. The van der Waals surface area contributed by atoms with Crippen molar-refractivity contribution < 1.29 is 22.0 Å². The number of sulfone groups is 1. The van der Waals surface area contributed by atoms with Gasteiger partial charge in [0.2, 0.25) is 9.84 Å². The fourth-order valence-electron chi connectivity index (χ4n) is 2.78. The maximum atomic E-state index is 12.5. The highest BCUT2D eigenvalue weighted by atomic mass is 32.2. The molecule has 0 aliphatic carbocycles. The monoisotopic (exact) mass is 360 g/mol. The zero-order valence-corrected chi connectivity index (χ0v) is 14.4. The lowest BCUT2D eigenvalue weighted by molar-refractivity contribution is 0.0911. The summed E-state index contributed by atoms with van der Waals surface area (Å²) in [6.07, 6.45) is 2.83. The van der Waals surface area contributed by atoms with Crippen LogP contribution < -0.4 is 5.32 Å². The standard InChI is InChI=1S/C16H22F2N2O3S/c1-2-9-20-10-7-13(8-11-20)19-15(21)12-3-5-14(6-4-12)24(22,23)16(17)18/h3-6,13,16H,2,7-11H2,1H3,(H,19,21). The van der Waals surface area contributed by atoms with Gasteiger partial charge in [-0.25, -0.2) is 8.42 Å². The number of hydrogen-bond acceptors (Lipinski definition) is 4. The van der Waals surface area contributed by atoms with Crippen LogP contribution in [0.15, 0.2) is 29.2 Å². The number of likely N-dealkylation sites (tertiary alicyclic amines) is 1. The number of halogens is 2. The minimum atomic E-state index is -4.63. The van der Waals surface area contributed by atoms with Gasteiger partial charge in [-0.3, -0.25) is 4.79 Å². The molecule has 0 unspecified atom stereocenters. The number of carbonyl (C=O) groups is 1. The van der Waals surface area contributed by atoms with E-state index in [9.17, 15) is 22.0 Å². The molecule has 5 nitrogen and oxygen atoms in total. The first-order valence-electron chi connectivity index (χ1n) is 8.00. The van der Waals surface area contributed by atoms with E-state index in [1.807, 2.05) is 0 Å². The quantitative estimate of drug-likeness (QED) is 0.845. The fourth-order valence-corrected chi connectivity index (χ4v) is 3.51. The van der Waals surface area contributed by atoms with Crippen molar-refractivity contribution >= 4 is 15.7 Å². The minimum Gasteiger partial charge on any atom is -0.349 e. The molecular weight excluding hydrogens is 338 g/mol. The van der Waals surface area contributed by atoms with Gasteiger partial charge in [0, 0.05) is 24.7 Å². The van der Waals surface area contributed by atoms with Crippen LogP contribution in [0.25, 0.3) is 0 Å². The molecule has 2 rings (SSSR count). The molecule has 134 valence electrons. The maximum Gasteiger partial charge on any atom is 0.341 e. The zero-order valence-electron chi connectivity index (χ0n) is 13.5. The second kappa shape index (κ2) is 8.02. The molecular formula is C16H22F2N2O3S. The van der Waals surface area contributed by atoms with Gasteiger partial charge >= 0.3 is 5.76 Å². The Hall–Kier alpha value is -1.54. The Morgan fingerprint density at radius 1 is 1.25 bits per heavy atom. The third-order valence-corrected chi connectivity index (χ3v) is 5.54. The predicted octanol–water partition coefficient (Wildman–Crippen LogP) is 2.29. The SMILES string of the molecule is CCCN1CCC(NC(=O)c2ccc(S(=O)(=O)C(F)F)cc2)CC1. The van der Waals surface area contributed by atoms with Crippen molar-refractivity contribution in [3.05, 3.63) is 29.8 Å². The van der Waals surface area contributed by atoms with Crippen LogP contribution in [0.3, 0.4) is 0 Å². The smallest absolute Gasteiger partial charge is 0.341 e. The van der Waals surface area contributed by atoms with Gasteiger partial charge in [-0.1, -0.05) is 6.92 Å². The average Bonchev–Trinajstić information content (AvgIpc) is 2.57. The van der Waals surface area contributed by atoms with E-state index in [2.05, 4.69) is 17.1 Å². The van der Waals surface area contributed by atoms with E-state index < -0.39 is 20.5 Å². The number of nitrogens with zero attached hydrogens (tertiary/aromatic N) is 1. The number of alkyl halides is 2. The van der Waals surface area contributed by atoms with Gasteiger partial charge in [-0.15, -0.1) is 0 Å². The molecule has 0 atom stereocenters. The summed E-state index contributed by atoms with van der Waals surface area (Å²) in [6.45, 7) is 5.06. The molecule has 1 saturated heterocycles. The molecule has 1 heterocycles. The highest BCUT2D eigenvalue weighted by Crippen LogP contribution is 2.19. The highest BCUT2D eigenvalue weighted by Gasteiger charge is 2.27. The Kier molecular flexibility index (Phi) is 6.28. The van der Waals surface area contributed by atoms with Crippen molar-refractivity contribution in [2.75, 3.05) is 19.6 Å². The highest BCUT2D eigenvalue weighted by molar-refractivity contribution is 7.91. The van der Waals surface area contributed by atoms with Crippen LogP contribution >= 0.6 is 0 Å². The normalized spacial score (nSPS) is 17.2. The van der Waals surface area contributed by atoms with Crippen LogP contribution in [-0.2, 0) is 9.84 Å². The number of rotatable bonds is 6. The third kappa shape index (κ3) is 4.51. The van der Waals surface area contributed by atoms with Crippen molar-refractivity contribution in [3.63, 3.8) is 0 Å². The Morgan fingerprint density at radius 3 is 2.33 bits per heavy atom. The first-order chi connectivity index (χ1) is 11.3. The largest absolute Gasteiger partial charge is 0.349 e. The number of piperidine rings is 1. The van der Waals surface area contributed by atoms with Gasteiger partial charge in [-0.2, -0.15) is 8.78 Å². The Bertz CT molecular complexity index is 654. The first-order valence-corrected chi connectivity index (χ1v) is 9.54. The molecule has 0 saturated carbocycles. The molecule has 1 aliphatic heterocycles. The van der Waals surface area contributed by atoms with Crippen LogP contribution in [0.2, 0.25) is 0 Å². The van der Waals surface area contributed by atoms with Gasteiger partial charge in [0.05, 0.1) is 4.90 Å². The number of benzene rings is 1. The van der Waals surface area contributed by atoms with Gasteiger partial charge < -0.3 is 10.2 Å². The lowest BCUT2D eigenvalue weighted by Gasteiger charge is -2.32. The van der Waals surface area contributed by atoms with Crippen LogP contribution in [0.1, 0.15) is 36.5 Å². The summed E-state index contributed by atoms with van der Waals surface area (Å²) < 4.78 is 47.7. The molecule has 0 radical (unpaired) electrons. The Balaban J connectivity index is 1.94. The van der Waals surface area contributed by atoms with Crippen molar-refractivity contribution in [3.8, 4) is 0 Å². The van der Waals surface area contributed by atoms with E-state index in [1.165, 1.54) is 12.1 Å². The van der Waals surface area contributed by atoms with Crippen molar-refractivity contribution in [2.24, 2.45) is 0 Å². The number of carbonyl (C=O) groups excluding carboxylic acids is 1. The topological polar surface area (TPSA) is 66.5 Å². The zero-order chi connectivity index (χ0) is 17.7. The Labute approximate surface area is 141 Å². The molecule has 0 aromatic heterocycles. The second-order valence-corrected chi connectivity index (χ2v) is 7.84. The van der Waals surface area contributed by atoms with Gasteiger partial charge in [0.15, 0.2) is 0 Å². The summed E-state index contributed by atoms with van der Waals surface area (Å²) in [5.41, 5.74) is 0.263. The molecule has 0 bridgehead atoms. The lowest BCUT2D eigenvalue weighted by atomic mass is 10.0. The van der Waals surface area contributed by atoms with E-state index in [0.717, 1.165) is 51.0 Å². The summed E-state index contributed by atoms with van der Waals surface area (Å²) in [4.78, 5) is 14.1. The number of hydrogen-bond donors (Lipinski definition) is 1. The summed E-state index contributed by atoms with van der Waals surface area (Å²) in [5, 5.41) is 2.92. The molecule has 24 heavy (non-hydrogen) atoms. The molecule has 1 aliphatic rings. The number of amides is 1. The van der Waals surface area contributed by atoms with Gasteiger partial charge in [0.1, 0.15) is 0 Å². The summed E-state index contributed by atoms with van der Waals surface area (Å²) in [7, 11) is -4.63. The van der Waals surface area contributed by atoms with E-state index in [0.29, 0.717) is 0 Å². The summed E-state index contributed by atoms with van der Waals surface area (Å²) >= 11 is 0.